The fraction of sp³-hybridized carbons (Fsp3) is 0.227. The van der Waals surface area contributed by atoms with Crippen LogP contribution in [0.4, 0.5) is 0 Å². The number of nitrogens with one attached hydrogen (secondary N) is 2. The Labute approximate surface area is 162 Å². The van der Waals surface area contributed by atoms with Crippen molar-refractivity contribution in [1.82, 2.24) is 14.9 Å². The molecule has 0 radical (unpaired) electrons. The summed E-state index contributed by atoms with van der Waals surface area (Å²) in [4.78, 5) is 21.8. The molecule has 0 saturated heterocycles. The molecule has 6 nitrogen and oxygen atoms in total. The van der Waals surface area contributed by atoms with Crippen LogP contribution >= 0.6 is 0 Å². The van der Waals surface area contributed by atoms with Crippen LogP contribution in [0.5, 0.6) is 11.5 Å². The fourth-order valence-corrected chi connectivity index (χ4v) is 4.17. The van der Waals surface area contributed by atoms with Crippen molar-refractivity contribution in [3.63, 3.8) is 0 Å². The number of nitrogens with zero attached hydrogens (tertiary/aromatic N) is 1. The topological polar surface area (TPSA) is 70.3 Å². The number of aromatic nitrogens is 2. The number of ether oxygens (including phenoxy) is 2. The van der Waals surface area contributed by atoms with Crippen molar-refractivity contribution in [2.75, 3.05) is 20.8 Å². The van der Waals surface area contributed by atoms with E-state index in [1.807, 2.05) is 29.2 Å². The van der Waals surface area contributed by atoms with Crippen LogP contribution in [0.2, 0.25) is 0 Å². The third-order valence-corrected chi connectivity index (χ3v) is 5.56. The van der Waals surface area contributed by atoms with Gasteiger partial charge in [-0.3, -0.25) is 4.79 Å². The normalized spacial score (nSPS) is 13.7. The molecular formula is C22H21N3O3. The number of aromatic amines is 2. The van der Waals surface area contributed by atoms with Gasteiger partial charge in [0, 0.05) is 28.5 Å². The van der Waals surface area contributed by atoms with Gasteiger partial charge in [-0.1, -0.05) is 18.2 Å². The Balaban J connectivity index is 1.50. The van der Waals surface area contributed by atoms with Crippen LogP contribution in [0.15, 0.2) is 42.5 Å². The van der Waals surface area contributed by atoms with E-state index in [4.69, 9.17) is 9.47 Å². The zero-order valence-electron chi connectivity index (χ0n) is 15.8. The van der Waals surface area contributed by atoms with Crippen LogP contribution in [0.3, 0.4) is 0 Å². The van der Waals surface area contributed by atoms with E-state index < -0.39 is 0 Å². The van der Waals surface area contributed by atoms with Crippen molar-refractivity contribution in [3.8, 4) is 11.5 Å². The Bertz CT molecular complexity index is 1160. The highest BCUT2D eigenvalue weighted by Crippen LogP contribution is 2.34. The average Bonchev–Trinajstić information content (AvgIpc) is 3.33. The summed E-state index contributed by atoms with van der Waals surface area (Å²) in [5.41, 5.74) is 4.87. The van der Waals surface area contributed by atoms with Crippen LogP contribution in [0.25, 0.3) is 21.8 Å². The van der Waals surface area contributed by atoms with E-state index in [1.54, 1.807) is 14.2 Å². The number of H-pyrrole nitrogens is 2. The van der Waals surface area contributed by atoms with Crippen molar-refractivity contribution in [2.24, 2.45) is 0 Å². The molecular weight excluding hydrogens is 354 g/mol. The molecule has 1 amide bonds. The lowest BCUT2D eigenvalue weighted by atomic mass is 10.0. The maximum Gasteiger partial charge on any atom is 0.270 e. The first-order valence-electron chi connectivity index (χ1n) is 9.31. The summed E-state index contributed by atoms with van der Waals surface area (Å²) >= 11 is 0. The van der Waals surface area contributed by atoms with Crippen LogP contribution < -0.4 is 9.47 Å². The molecule has 6 heteroatoms. The molecule has 1 aliphatic heterocycles. The van der Waals surface area contributed by atoms with Crippen LogP contribution in [-0.2, 0) is 13.0 Å². The maximum atomic E-state index is 13.2. The lowest BCUT2D eigenvalue weighted by Gasteiger charge is -2.26. The standard InChI is InChI=1S/C22H21N3O3/c1-27-19-7-8-20(28-2)21-15(19)11-17(24-21)22(26)25-10-9-14-13-5-3-4-6-16(13)23-18(14)12-25/h3-8,11,23-24H,9-10,12H2,1-2H3. The summed E-state index contributed by atoms with van der Waals surface area (Å²) in [6.07, 6.45) is 0.845. The lowest BCUT2D eigenvalue weighted by molar-refractivity contribution is 0.0728. The summed E-state index contributed by atoms with van der Waals surface area (Å²) in [7, 11) is 3.24. The Morgan fingerprint density at radius 2 is 1.79 bits per heavy atom. The molecule has 0 fully saturated rings. The Morgan fingerprint density at radius 3 is 2.61 bits per heavy atom. The summed E-state index contributed by atoms with van der Waals surface area (Å²) in [5, 5.41) is 2.10. The first kappa shape index (κ1) is 16.7. The highest BCUT2D eigenvalue weighted by atomic mass is 16.5. The van der Waals surface area contributed by atoms with Gasteiger partial charge in [0.1, 0.15) is 17.2 Å². The molecule has 3 heterocycles. The third kappa shape index (κ3) is 2.45. The first-order valence-corrected chi connectivity index (χ1v) is 9.31. The van der Waals surface area contributed by atoms with Crippen molar-refractivity contribution >= 4 is 27.7 Å². The predicted molar refractivity (Wildman–Crippen MR) is 108 cm³/mol. The van der Waals surface area contributed by atoms with E-state index in [9.17, 15) is 4.79 Å². The lowest BCUT2D eigenvalue weighted by Crippen LogP contribution is -2.36. The number of para-hydroxylation sites is 1. The SMILES string of the molecule is COc1ccc(OC)c2[nH]c(C(=O)N3CCc4c([nH]c5ccccc45)C3)cc12. The van der Waals surface area contributed by atoms with Crippen molar-refractivity contribution in [2.45, 2.75) is 13.0 Å². The second kappa shape index (κ2) is 6.34. The molecule has 0 spiro atoms. The molecule has 5 rings (SSSR count). The minimum absolute atomic E-state index is 0.0235. The Morgan fingerprint density at radius 1 is 1.00 bits per heavy atom. The molecule has 0 aliphatic carbocycles. The molecule has 0 atom stereocenters. The largest absolute Gasteiger partial charge is 0.496 e. The van der Waals surface area contributed by atoms with E-state index in [1.165, 1.54) is 10.9 Å². The van der Waals surface area contributed by atoms with Gasteiger partial charge in [0.2, 0.25) is 0 Å². The molecule has 0 bridgehead atoms. The van der Waals surface area contributed by atoms with E-state index >= 15 is 0 Å². The van der Waals surface area contributed by atoms with Gasteiger partial charge in [0.05, 0.1) is 26.3 Å². The van der Waals surface area contributed by atoms with Gasteiger partial charge in [-0.05, 0) is 36.2 Å². The van der Waals surface area contributed by atoms with Gasteiger partial charge < -0.3 is 24.3 Å². The molecule has 2 aromatic carbocycles. The van der Waals surface area contributed by atoms with Gasteiger partial charge in [-0.15, -0.1) is 0 Å². The third-order valence-electron chi connectivity index (χ3n) is 5.56. The summed E-state index contributed by atoms with van der Waals surface area (Å²) < 4.78 is 10.9. The van der Waals surface area contributed by atoms with Crippen LogP contribution in [-0.4, -0.2) is 41.5 Å². The number of rotatable bonds is 3. The zero-order chi connectivity index (χ0) is 19.3. The smallest absolute Gasteiger partial charge is 0.270 e. The quantitative estimate of drug-likeness (QED) is 0.571. The molecule has 28 heavy (non-hydrogen) atoms. The van der Waals surface area contributed by atoms with Crippen molar-refractivity contribution in [1.29, 1.82) is 0 Å². The summed E-state index contributed by atoms with van der Waals surface area (Å²) in [5.74, 6) is 1.37. The number of hydrogen-bond acceptors (Lipinski definition) is 3. The molecule has 0 unspecified atom stereocenters. The van der Waals surface area contributed by atoms with Gasteiger partial charge in [0.25, 0.3) is 5.91 Å². The van der Waals surface area contributed by atoms with Crippen molar-refractivity contribution in [3.05, 3.63) is 59.4 Å². The number of carbonyl (C=O) groups excluding carboxylic acids is 1. The van der Waals surface area contributed by atoms with E-state index in [0.717, 1.165) is 28.5 Å². The first-order chi connectivity index (χ1) is 13.7. The second-order valence-corrected chi connectivity index (χ2v) is 7.05. The zero-order valence-corrected chi connectivity index (χ0v) is 15.8. The van der Waals surface area contributed by atoms with Crippen molar-refractivity contribution < 1.29 is 14.3 Å². The molecule has 0 saturated carbocycles. The minimum Gasteiger partial charge on any atom is -0.496 e. The van der Waals surface area contributed by atoms with E-state index in [0.29, 0.717) is 30.3 Å². The Hall–Kier alpha value is -3.41. The van der Waals surface area contributed by atoms with E-state index in [-0.39, 0.29) is 5.91 Å². The van der Waals surface area contributed by atoms with Gasteiger partial charge in [-0.25, -0.2) is 0 Å². The summed E-state index contributed by atoms with van der Waals surface area (Å²) in [6, 6.07) is 13.8. The van der Waals surface area contributed by atoms with Gasteiger partial charge >= 0.3 is 0 Å². The van der Waals surface area contributed by atoms with Gasteiger partial charge in [0.15, 0.2) is 0 Å². The fourth-order valence-electron chi connectivity index (χ4n) is 4.17. The molecule has 2 N–H and O–H groups in total. The number of carbonyl (C=O) groups is 1. The number of hydrogen-bond donors (Lipinski definition) is 2. The minimum atomic E-state index is -0.0235. The molecule has 4 aromatic rings. The Kier molecular flexibility index (Phi) is 3.79. The predicted octanol–water partition coefficient (Wildman–Crippen LogP) is 3.86. The van der Waals surface area contributed by atoms with Crippen LogP contribution in [0.1, 0.15) is 21.7 Å². The molecule has 1 aliphatic rings. The number of methoxy groups -OCH3 is 2. The number of amides is 1. The van der Waals surface area contributed by atoms with Gasteiger partial charge in [-0.2, -0.15) is 0 Å². The molecule has 142 valence electrons. The number of fused-ring (bicyclic) bond motifs is 4. The number of benzene rings is 2. The molecule has 2 aromatic heterocycles. The monoisotopic (exact) mass is 375 g/mol. The summed E-state index contributed by atoms with van der Waals surface area (Å²) in [6.45, 7) is 1.27. The highest BCUT2D eigenvalue weighted by molar-refractivity contribution is 6.01. The average molecular weight is 375 g/mol. The van der Waals surface area contributed by atoms with Crippen LogP contribution in [0, 0.1) is 0 Å². The van der Waals surface area contributed by atoms with E-state index in [2.05, 4.69) is 28.2 Å². The highest BCUT2D eigenvalue weighted by Gasteiger charge is 2.26. The maximum absolute atomic E-state index is 13.2. The second-order valence-electron chi connectivity index (χ2n) is 7.05.